The Morgan fingerprint density at radius 3 is 3.00 bits per heavy atom. The predicted molar refractivity (Wildman–Crippen MR) is 97.8 cm³/mol. The van der Waals surface area contributed by atoms with Crippen LogP contribution in [0.1, 0.15) is 34.9 Å². The molecule has 2 heterocycles. The van der Waals surface area contributed by atoms with E-state index in [4.69, 9.17) is 0 Å². The highest BCUT2D eigenvalue weighted by Crippen LogP contribution is 2.36. The largest absolute Gasteiger partial charge is 0.339 e. The van der Waals surface area contributed by atoms with Crippen LogP contribution in [-0.2, 0) is 17.8 Å². The molecule has 0 aliphatic heterocycles. The third kappa shape index (κ3) is 3.22. The van der Waals surface area contributed by atoms with Crippen molar-refractivity contribution in [3.63, 3.8) is 0 Å². The number of nitrogens with zero attached hydrogens (tertiary/aromatic N) is 4. The number of amides is 1. The monoisotopic (exact) mass is 352 g/mol. The molecular weight excluding hydrogens is 332 g/mol. The van der Waals surface area contributed by atoms with Gasteiger partial charge in [-0.25, -0.2) is 0 Å². The first-order chi connectivity index (χ1) is 12.2. The van der Waals surface area contributed by atoms with E-state index in [1.807, 2.05) is 37.4 Å². The lowest BCUT2D eigenvalue weighted by Crippen LogP contribution is -2.32. The van der Waals surface area contributed by atoms with Crippen molar-refractivity contribution in [1.29, 1.82) is 0 Å². The van der Waals surface area contributed by atoms with E-state index < -0.39 is 0 Å². The molecule has 0 spiro atoms. The fourth-order valence-electron chi connectivity index (χ4n) is 3.38. The average molecular weight is 352 g/mol. The highest BCUT2D eigenvalue weighted by molar-refractivity contribution is 7.10. The smallest absolute Gasteiger partial charge is 0.230 e. The fraction of sp³-hybridized carbons (Fsp3) is 0.316. The quantitative estimate of drug-likeness (QED) is 0.723. The van der Waals surface area contributed by atoms with Crippen molar-refractivity contribution >= 4 is 17.2 Å². The van der Waals surface area contributed by atoms with Gasteiger partial charge in [-0.2, -0.15) is 15.0 Å². The zero-order valence-electron chi connectivity index (χ0n) is 14.1. The van der Waals surface area contributed by atoms with E-state index in [0.29, 0.717) is 6.54 Å². The van der Waals surface area contributed by atoms with E-state index in [0.717, 1.165) is 30.6 Å². The summed E-state index contributed by atoms with van der Waals surface area (Å²) in [6, 6.07) is 11.9. The van der Waals surface area contributed by atoms with Crippen LogP contribution in [0.3, 0.4) is 0 Å². The van der Waals surface area contributed by atoms with Crippen LogP contribution in [-0.4, -0.2) is 32.8 Å². The van der Waals surface area contributed by atoms with E-state index in [2.05, 4.69) is 21.6 Å². The molecule has 1 aromatic carbocycles. The molecule has 1 unspecified atom stereocenters. The Kier molecular flexibility index (Phi) is 4.36. The Bertz CT molecular complexity index is 870. The molecule has 1 aliphatic carbocycles. The average Bonchev–Trinajstić information content (AvgIpc) is 3.30. The number of carbonyl (C=O) groups excluding carboxylic acids is 1. The summed E-state index contributed by atoms with van der Waals surface area (Å²) in [7, 11) is 1.85. The second-order valence-corrected chi connectivity index (χ2v) is 7.40. The molecule has 2 aromatic heterocycles. The van der Waals surface area contributed by atoms with E-state index >= 15 is 0 Å². The molecule has 0 bridgehead atoms. The number of aryl methyl sites for hydroxylation is 1. The number of thiophene rings is 1. The summed E-state index contributed by atoms with van der Waals surface area (Å²) in [5.41, 5.74) is 2.93. The normalized spacial score (nSPS) is 16.4. The highest BCUT2D eigenvalue weighted by Gasteiger charge is 2.29. The first-order valence-corrected chi connectivity index (χ1v) is 9.38. The van der Waals surface area contributed by atoms with Crippen LogP contribution < -0.4 is 0 Å². The highest BCUT2D eigenvalue weighted by atomic mass is 32.1. The van der Waals surface area contributed by atoms with Gasteiger partial charge in [-0.05, 0) is 48.4 Å². The van der Waals surface area contributed by atoms with Crippen LogP contribution in [0.2, 0.25) is 0 Å². The predicted octanol–water partition coefficient (Wildman–Crippen LogP) is 3.41. The summed E-state index contributed by atoms with van der Waals surface area (Å²) in [4.78, 5) is 17.7. The number of hydrogen-bond acceptors (Lipinski definition) is 4. The third-order valence-electron chi connectivity index (χ3n) is 4.65. The Hall–Kier alpha value is -2.47. The number of rotatable bonds is 4. The third-order valence-corrected chi connectivity index (χ3v) is 5.65. The molecule has 5 nitrogen and oxygen atoms in total. The van der Waals surface area contributed by atoms with Crippen molar-refractivity contribution in [3.05, 3.63) is 64.1 Å². The molecule has 6 heteroatoms. The van der Waals surface area contributed by atoms with Gasteiger partial charge in [-0.3, -0.25) is 4.79 Å². The van der Waals surface area contributed by atoms with Crippen molar-refractivity contribution in [3.8, 4) is 5.69 Å². The van der Waals surface area contributed by atoms with Gasteiger partial charge >= 0.3 is 0 Å². The van der Waals surface area contributed by atoms with Gasteiger partial charge in [-0.15, -0.1) is 11.3 Å². The van der Waals surface area contributed by atoms with Gasteiger partial charge in [0.2, 0.25) is 5.91 Å². The van der Waals surface area contributed by atoms with Crippen LogP contribution in [0.5, 0.6) is 0 Å². The maximum atomic E-state index is 12.9. The summed E-state index contributed by atoms with van der Waals surface area (Å²) in [5, 5.41) is 10.9. The van der Waals surface area contributed by atoms with Crippen LogP contribution in [0, 0.1) is 0 Å². The SMILES string of the molecule is CN(Cc1cnn(-c2ccccc2)n1)C(=O)C1CCCc2sccc21. The standard InChI is InChI=1S/C19H20N4OS/c1-22(19(24)17-8-5-9-18-16(17)10-11-25-18)13-14-12-20-23(21-14)15-6-3-2-4-7-15/h2-4,6-7,10-12,17H,5,8-9,13H2,1H3. The molecular formula is C19H20N4OS. The zero-order valence-corrected chi connectivity index (χ0v) is 14.9. The minimum absolute atomic E-state index is 0.0100. The molecule has 1 amide bonds. The molecule has 0 radical (unpaired) electrons. The van der Waals surface area contributed by atoms with E-state index in [1.54, 1.807) is 27.2 Å². The van der Waals surface area contributed by atoms with Gasteiger partial charge in [0.05, 0.1) is 24.3 Å². The molecule has 0 fully saturated rings. The molecule has 4 rings (SSSR count). The number of fused-ring (bicyclic) bond motifs is 1. The maximum Gasteiger partial charge on any atom is 0.230 e. The van der Waals surface area contributed by atoms with Gasteiger partial charge in [0.25, 0.3) is 0 Å². The van der Waals surface area contributed by atoms with E-state index in [9.17, 15) is 4.79 Å². The Morgan fingerprint density at radius 1 is 1.32 bits per heavy atom. The van der Waals surface area contributed by atoms with Gasteiger partial charge in [0, 0.05) is 11.9 Å². The van der Waals surface area contributed by atoms with Gasteiger partial charge in [0.15, 0.2) is 0 Å². The maximum absolute atomic E-state index is 12.9. The fourth-order valence-corrected chi connectivity index (χ4v) is 4.37. The molecule has 128 valence electrons. The van der Waals surface area contributed by atoms with E-state index in [1.165, 1.54) is 10.4 Å². The summed E-state index contributed by atoms with van der Waals surface area (Å²) in [6.07, 6.45) is 4.85. The molecule has 0 saturated heterocycles. The molecule has 0 saturated carbocycles. The number of aromatic nitrogens is 3. The van der Waals surface area contributed by atoms with E-state index in [-0.39, 0.29) is 11.8 Å². The summed E-state index contributed by atoms with van der Waals surface area (Å²) in [5.74, 6) is 0.165. The molecule has 0 N–H and O–H groups in total. The summed E-state index contributed by atoms with van der Waals surface area (Å²) < 4.78 is 0. The summed E-state index contributed by atoms with van der Waals surface area (Å²) >= 11 is 1.77. The molecule has 1 aliphatic rings. The van der Waals surface area contributed by atoms with Gasteiger partial charge in [-0.1, -0.05) is 18.2 Å². The van der Waals surface area contributed by atoms with Gasteiger partial charge in [0.1, 0.15) is 5.69 Å². The van der Waals surface area contributed by atoms with Crippen molar-refractivity contribution in [2.24, 2.45) is 0 Å². The number of hydrogen-bond donors (Lipinski definition) is 0. The number of likely N-dealkylation sites (N-methyl/N-ethyl adjacent to an activating group) is 1. The lowest BCUT2D eigenvalue weighted by molar-refractivity contribution is -0.132. The molecule has 1 atom stereocenters. The second-order valence-electron chi connectivity index (χ2n) is 6.40. The molecule has 25 heavy (non-hydrogen) atoms. The summed E-state index contributed by atoms with van der Waals surface area (Å²) in [6.45, 7) is 0.474. The number of para-hydroxylation sites is 1. The lowest BCUT2D eigenvalue weighted by atomic mass is 9.87. The Labute approximate surface area is 150 Å². The van der Waals surface area contributed by atoms with Crippen LogP contribution in [0.25, 0.3) is 5.69 Å². The first kappa shape index (κ1) is 16.0. The van der Waals surface area contributed by atoms with Crippen LogP contribution in [0.4, 0.5) is 0 Å². The van der Waals surface area contributed by atoms with Crippen molar-refractivity contribution in [2.45, 2.75) is 31.7 Å². The topological polar surface area (TPSA) is 51.0 Å². The Balaban J connectivity index is 1.47. The minimum atomic E-state index is -0.0100. The number of benzene rings is 1. The van der Waals surface area contributed by atoms with Crippen molar-refractivity contribution in [2.75, 3.05) is 7.05 Å². The minimum Gasteiger partial charge on any atom is -0.339 e. The van der Waals surface area contributed by atoms with Gasteiger partial charge < -0.3 is 4.90 Å². The molecule has 3 aromatic rings. The van der Waals surface area contributed by atoms with Crippen molar-refractivity contribution in [1.82, 2.24) is 19.9 Å². The second kappa shape index (κ2) is 6.80. The Morgan fingerprint density at radius 2 is 2.16 bits per heavy atom. The number of carbonyl (C=O) groups is 1. The van der Waals surface area contributed by atoms with Crippen molar-refractivity contribution < 1.29 is 4.79 Å². The zero-order chi connectivity index (χ0) is 17.2. The van der Waals surface area contributed by atoms with Crippen LogP contribution >= 0.6 is 11.3 Å². The lowest BCUT2D eigenvalue weighted by Gasteiger charge is -2.26. The first-order valence-electron chi connectivity index (χ1n) is 8.50. The van der Waals surface area contributed by atoms with Crippen LogP contribution in [0.15, 0.2) is 48.0 Å².